The van der Waals surface area contributed by atoms with Crippen LogP contribution < -0.4 is 10.2 Å². The van der Waals surface area contributed by atoms with Gasteiger partial charge in [-0.15, -0.1) is 0 Å². The van der Waals surface area contributed by atoms with Crippen molar-refractivity contribution in [3.63, 3.8) is 0 Å². The highest BCUT2D eigenvalue weighted by Gasteiger charge is 2.44. The van der Waals surface area contributed by atoms with Crippen LogP contribution >= 0.6 is 35.4 Å². The summed E-state index contributed by atoms with van der Waals surface area (Å²) in [5.74, 6) is -0.703. The van der Waals surface area contributed by atoms with Gasteiger partial charge in [-0.1, -0.05) is 29.3 Å². The van der Waals surface area contributed by atoms with E-state index in [0.29, 0.717) is 52.3 Å². The molecular formula is C25H24Cl2N6O4S. The van der Waals surface area contributed by atoms with E-state index in [-0.39, 0.29) is 29.0 Å². The maximum atomic E-state index is 13.5. The maximum Gasteiger partial charge on any atom is 0.312 e. The van der Waals surface area contributed by atoms with Gasteiger partial charge in [-0.2, -0.15) is 5.10 Å². The molecule has 1 N–H and O–H groups in total. The zero-order chi connectivity index (χ0) is 27.6. The minimum absolute atomic E-state index is 0.0126. The van der Waals surface area contributed by atoms with Gasteiger partial charge < -0.3 is 10.2 Å². The summed E-state index contributed by atoms with van der Waals surface area (Å²) in [7, 11) is 0. The fourth-order valence-electron chi connectivity index (χ4n) is 4.43. The zero-order valence-corrected chi connectivity index (χ0v) is 22.9. The van der Waals surface area contributed by atoms with Crippen LogP contribution in [-0.4, -0.2) is 49.1 Å². The molecule has 4 rings (SSSR count). The first-order chi connectivity index (χ1) is 18.1. The molecule has 1 aliphatic heterocycles. The van der Waals surface area contributed by atoms with E-state index in [0.717, 1.165) is 0 Å². The molecule has 0 spiro atoms. The molecule has 2 amide bonds. The Bertz CT molecular complexity index is 1410. The number of hydrogen-bond acceptors (Lipinski definition) is 6. The average molecular weight is 575 g/mol. The van der Waals surface area contributed by atoms with Gasteiger partial charge in [0.1, 0.15) is 17.4 Å². The van der Waals surface area contributed by atoms with Crippen LogP contribution in [0.3, 0.4) is 0 Å². The Kier molecular flexibility index (Phi) is 8.29. The third kappa shape index (κ3) is 5.79. The number of rotatable bonds is 9. The first-order valence-electron chi connectivity index (χ1n) is 11.7. The molecule has 2 heterocycles. The average Bonchev–Trinajstić information content (AvgIpc) is 3.26. The second kappa shape index (κ2) is 11.5. The van der Waals surface area contributed by atoms with E-state index in [1.165, 1.54) is 4.90 Å². The Labute approximate surface area is 234 Å². The largest absolute Gasteiger partial charge is 0.336 e. The lowest BCUT2D eigenvalue weighted by molar-refractivity contribution is -0.386. The summed E-state index contributed by atoms with van der Waals surface area (Å²) in [4.78, 5) is 40.5. The van der Waals surface area contributed by atoms with Crippen molar-refractivity contribution in [2.75, 3.05) is 16.8 Å². The first kappa shape index (κ1) is 27.5. The van der Waals surface area contributed by atoms with Crippen molar-refractivity contribution >= 4 is 69.4 Å². The number of anilines is 2. The van der Waals surface area contributed by atoms with Crippen LogP contribution in [-0.2, 0) is 16.1 Å². The summed E-state index contributed by atoms with van der Waals surface area (Å²) in [6.07, 6.45) is 0.342. The highest BCUT2D eigenvalue weighted by atomic mass is 35.5. The molecule has 1 saturated heterocycles. The number of carbonyl (C=O) groups excluding carboxylic acids is 2. The third-order valence-electron chi connectivity index (χ3n) is 6.19. The van der Waals surface area contributed by atoms with Crippen molar-refractivity contribution in [3.8, 4) is 0 Å². The van der Waals surface area contributed by atoms with Crippen molar-refractivity contribution in [2.24, 2.45) is 0 Å². The quantitative estimate of drug-likeness (QED) is 0.214. The topological polar surface area (TPSA) is 114 Å². The number of aromatic nitrogens is 2. The van der Waals surface area contributed by atoms with Crippen LogP contribution in [0.15, 0.2) is 48.5 Å². The van der Waals surface area contributed by atoms with E-state index in [1.807, 2.05) is 0 Å². The zero-order valence-electron chi connectivity index (χ0n) is 20.6. The molecule has 1 fully saturated rings. The molecule has 1 aliphatic rings. The second-order valence-corrected chi connectivity index (χ2v) is 10.00. The highest BCUT2D eigenvalue weighted by Crippen LogP contribution is 2.29. The van der Waals surface area contributed by atoms with Gasteiger partial charge in [0.05, 0.1) is 17.0 Å². The molecule has 38 heavy (non-hydrogen) atoms. The Morgan fingerprint density at radius 3 is 2.47 bits per heavy atom. The number of aryl methyl sites for hydroxylation is 2. The Hall–Kier alpha value is -3.54. The Balaban J connectivity index is 1.53. The van der Waals surface area contributed by atoms with E-state index in [2.05, 4.69) is 10.4 Å². The molecule has 0 aliphatic carbocycles. The number of nitro groups is 1. The third-order valence-corrected chi connectivity index (χ3v) is 7.09. The smallest absolute Gasteiger partial charge is 0.312 e. The van der Waals surface area contributed by atoms with Crippen LogP contribution in [0.25, 0.3) is 0 Å². The van der Waals surface area contributed by atoms with E-state index in [9.17, 15) is 19.7 Å². The number of benzene rings is 2. The predicted molar refractivity (Wildman–Crippen MR) is 150 cm³/mol. The SMILES string of the molecule is Cc1nn(CCCN2C(=S)N(c3ccc(Cl)cc3)C(=O)C2CC(=O)Nc2cccc(Cl)c2)c(C)c1[N+](=O)[O-]. The molecule has 1 aromatic heterocycles. The molecule has 0 saturated carbocycles. The summed E-state index contributed by atoms with van der Waals surface area (Å²) in [5, 5.41) is 19.6. The lowest BCUT2D eigenvalue weighted by Gasteiger charge is -2.24. The van der Waals surface area contributed by atoms with Crippen LogP contribution in [0.4, 0.5) is 17.1 Å². The van der Waals surface area contributed by atoms with E-state index >= 15 is 0 Å². The van der Waals surface area contributed by atoms with Gasteiger partial charge in [-0.25, -0.2) is 0 Å². The second-order valence-electron chi connectivity index (χ2n) is 8.76. The van der Waals surface area contributed by atoms with Crippen LogP contribution in [0.1, 0.15) is 24.2 Å². The number of thiocarbonyl (C=S) groups is 1. The molecule has 2 aromatic carbocycles. The molecule has 0 radical (unpaired) electrons. The van der Waals surface area contributed by atoms with E-state index in [4.69, 9.17) is 35.4 Å². The maximum absolute atomic E-state index is 13.5. The fourth-order valence-corrected chi connectivity index (χ4v) is 5.16. The molecule has 1 unspecified atom stereocenters. The van der Waals surface area contributed by atoms with Gasteiger partial charge in [0.25, 0.3) is 5.91 Å². The summed E-state index contributed by atoms with van der Waals surface area (Å²) in [6, 6.07) is 12.6. The molecule has 13 heteroatoms. The molecule has 0 bridgehead atoms. The molecule has 10 nitrogen and oxygen atoms in total. The van der Waals surface area contributed by atoms with E-state index in [1.54, 1.807) is 72.0 Å². The van der Waals surface area contributed by atoms with Gasteiger partial charge in [0.15, 0.2) is 5.11 Å². The van der Waals surface area contributed by atoms with Crippen molar-refractivity contribution in [1.29, 1.82) is 0 Å². The van der Waals surface area contributed by atoms with Crippen LogP contribution in [0.5, 0.6) is 0 Å². The number of nitrogens with one attached hydrogen (secondary N) is 1. The Morgan fingerprint density at radius 1 is 1.13 bits per heavy atom. The van der Waals surface area contributed by atoms with Crippen LogP contribution in [0.2, 0.25) is 10.0 Å². The standard InChI is InChI=1S/C25H24Cl2N6O4S/c1-15-23(33(36)37)16(2)31(29-15)12-4-11-30-21(14-22(34)28-19-6-3-5-18(27)13-19)24(35)32(25(30)38)20-9-7-17(26)8-10-20/h3,5-10,13,21H,4,11-12,14H2,1-2H3,(H,28,34). The normalized spacial score (nSPS) is 15.3. The van der Waals surface area contributed by atoms with Gasteiger partial charge in [0.2, 0.25) is 5.91 Å². The first-order valence-corrected chi connectivity index (χ1v) is 12.9. The van der Waals surface area contributed by atoms with Crippen molar-refractivity contribution < 1.29 is 14.5 Å². The van der Waals surface area contributed by atoms with Gasteiger partial charge in [0, 0.05) is 28.8 Å². The van der Waals surface area contributed by atoms with Gasteiger partial charge >= 0.3 is 5.69 Å². The summed E-state index contributed by atoms with van der Waals surface area (Å²) in [5.41, 5.74) is 1.84. The van der Waals surface area contributed by atoms with Crippen LogP contribution in [0, 0.1) is 24.0 Å². The predicted octanol–water partition coefficient (Wildman–Crippen LogP) is 5.14. The summed E-state index contributed by atoms with van der Waals surface area (Å²) >= 11 is 17.7. The number of hydrogen-bond donors (Lipinski definition) is 1. The van der Waals surface area contributed by atoms with E-state index < -0.39 is 11.0 Å². The lowest BCUT2D eigenvalue weighted by Crippen LogP contribution is -2.38. The number of halogens is 2. The minimum atomic E-state index is -0.841. The molecule has 1 atom stereocenters. The fraction of sp³-hybridized carbons (Fsp3) is 0.280. The minimum Gasteiger partial charge on any atom is -0.336 e. The summed E-state index contributed by atoms with van der Waals surface area (Å²) in [6.45, 7) is 3.94. The number of carbonyl (C=O) groups is 2. The molecule has 198 valence electrons. The van der Waals surface area contributed by atoms with Gasteiger partial charge in [-0.3, -0.25) is 29.3 Å². The lowest BCUT2D eigenvalue weighted by atomic mass is 10.1. The molecular weight excluding hydrogens is 551 g/mol. The monoisotopic (exact) mass is 574 g/mol. The van der Waals surface area contributed by atoms with Crippen molar-refractivity contribution in [3.05, 3.63) is 80.1 Å². The number of amides is 2. The number of nitrogens with zero attached hydrogens (tertiary/aromatic N) is 5. The summed E-state index contributed by atoms with van der Waals surface area (Å²) < 4.78 is 1.58. The Morgan fingerprint density at radius 2 is 1.84 bits per heavy atom. The molecule has 3 aromatic rings. The highest BCUT2D eigenvalue weighted by molar-refractivity contribution is 7.80. The van der Waals surface area contributed by atoms with Gasteiger partial charge in [-0.05, 0) is 75.0 Å². The van der Waals surface area contributed by atoms with Crippen molar-refractivity contribution in [2.45, 2.75) is 39.3 Å². The van der Waals surface area contributed by atoms with Crippen molar-refractivity contribution in [1.82, 2.24) is 14.7 Å².